The van der Waals surface area contributed by atoms with Crippen LogP contribution in [-0.2, 0) is 4.79 Å². The van der Waals surface area contributed by atoms with Crippen molar-refractivity contribution in [1.29, 1.82) is 0 Å². The molecular weight excluding hydrogens is 270 g/mol. The molecule has 2 rings (SSSR count). The molecule has 1 aromatic carbocycles. The molecule has 6 heteroatoms. The minimum Gasteiger partial charge on any atom is -0.273 e. The Morgan fingerprint density at radius 2 is 2.14 bits per heavy atom. The zero-order valence-electron chi connectivity index (χ0n) is 11.8. The van der Waals surface area contributed by atoms with Crippen LogP contribution in [-0.4, -0.2) is 17.0 Å². The van der Waals surface area contributed by atoms with Gasteiger partial charge in [-0.15, -0.1) is 0 Å². The number of amides is 1. The maximum absolute atomic E-state index is 11.7. The summed E-state index contributed by atoms with van der Waals surface area (Å²) in [6.45, 7) is 0. The zero-order valence-corrected chi connectivity index (χ0v) is 11.8. The first-order valence-corrected chi connectivity index (χ1v) is 7.21. The van der Waals surface area contributed by atoms with Crippen LogP contribution in [0, 0.1) is 16.0 Å². The number of carbonyl (C=O) groups is 1. The Kier molecular flexibility index (Phi) is 5.43. The van der Waals surface area contributed by atoms with E-state index in [0.29, 0.717) is 17.9 Å². The van der Waals surface area contributed by atoms with Gasteiger partial charge in [0, 0.05) is 24.1 Å². The molecule has 0 aromatic heterocycles. The average molecular weight is 289 g/mol. The van der Waals surface area contributed by atoms with Gasteiger partial charge in [0.1, 0.15) is 0 Å². The first-order valence-electron chi connectivity index (χ1n) is 7.21. The fourth-order valence-corrected chi connectivity index (χ4v) is 2.60. The van der Waals surface area contributed by atoms with Crippen LogP contribution in [0.2, 0.25) is 0 Å². The predicted molar refractivity (Wildman–Crippen MR) is 80.0 cm³/mol. The molecule has 0 unspecified atom stereocenters. The number of nitro groups is 1. The number of rotatable bonds is 5. The molecule has 0 heterocycles. The Morgan fingerprint density at radius 3 is 2.86 bits per heavy atom. The van der Waals surface area contributed by atoms with Crippen LogP contribution in [0.5, 0.6) is 0 Å². The van der Waals surface area contributed by atoms with E-state index in [1.807, 2.05) is 0 Å². The fourth-order valence-electron chi connectivity index (χ4n) is 2.60. The highest BCUT2D eigenvalue weighted by Gasteiger charge is 2.16. The highest BCUT2D eigenvalue weighted by atomic mass is 16.6. The van der Waals surface area contributed by atoms with Gasteiger partial charge in [0.25, 0.3) is 5.69 Å². The summed E-state index contributed by atoms with van der Waals surface area (Å²) in [6, 6.07) is 6.11. The lowest BCUT2D eigenvalue weighted by atomic mass is 9.87. The third kappa shape index (κ3) is 4.98. The van der Waals surface area contributed by atoms with Gasteiger partial charge < -0.3 is 0 Å². The van der Waals surface area contributed by atoms with Crippen molar-refractivity contribution < 1.29 is 9.72 Å². The Balaban J connectivity index is 1.82. The van der Waals surface area contributed by atoms with Crippen molar-refractivity contribution in [3.63, 3.8) is 0 Å². The molecule has 1 fully saturated rings. The molecule has 1 N–H and O–H groups in total. The molecule has 1 amide bonds. The van der Waals surface area contributed by atoms with Crippen LogP contribution in [0.4, 0.5) is 5.69 Å². The van der Waals surface area contributed by atoms with E-state index in [9.17, 15) is 14.9 Å². The van der Waals surface area contributed by atoms with E-state index in [1.54, 1.807) is 12.1 Å². The maximum Gasteiger partial charge on any atom is 0.270 e. The number of non-ortho nitro benzene ring substituents is 1. The highest BCUT2D eigenvalue weighted by Crippen LogP contribution is 2.25. The van der Waals surface area contributed by atoms with Gasteiger partial charge in [-0.05, 0) is 18.8 Å². The number of hydrogen-bond donors (Lipinski definition) is 1. The molecule has 0 atom stereocenters. The summed E-state index contributed by atoms with van der Waals surface area (Å²) < 4.78 is 0. The normalized spacial score (nSPS) is 16.0. The Bertz CT molecular complexity index is 537. The standard InChI is InChI=1S/C15H19N3O3/c19-15(10-12-5-2-1-3-6-12)17-16-11-13-7-4-8-14(9-13)18(20)21/h4,7-9,11-12H,1-3,5-6,10H2,(H,17,19)/b16-11+. The Labute approximate surface area is 123 Å². The number of nitrogens with zero attached hydrogens (tertiary/aromatic N) is 2. The van der Waals surface area contributed by atoms with Crippen molar-refractivity contribution in [2.24, 2.45) is 11.0 Å². The van der Waals surface area contributed by atoms with E-state index in [1.165, 1.54) is 37.6 Å². The summed E-state index contributed by atoms with van der Waals surface area (Å²) in [5, 5.41) is 14.5. The molecule has 0 spiro atoms. The quantitative estimate of drug-likeness (QED) is 0.513. The summed E-state index contributed by atoms with van der Waals surface area (Å²) in [4.78, 5) is 21.9. The Hall–Kier alpha value is -2.24. The molecule has 0 saturated heterocycles. The van der Waals surface area contributed by atoms with Gasteiger partial charge in [-0.25, -0.2) is 5.43 Å². The number of benzene rings is 1. The van der Waals surface area contributed by atoms with Crippen LogP contribution < -0.4 is 5.43 Å². The molecule has 1 aliphatic carbocycles. The lowest BCUT2D eigenvalue weighted by Gasteiger charge is -2.20. The van der Waals surface area contributed by atoms with Gasteiger partial charge in [-0.2, -0.15) is 5.10 Å². The van der Waals surface area contributed by atoms with E-state index in [0.717, 1.165) is 12.8 Å². The molecule has 0 aliphatic heterocycles. The second kappa shape index (κ2) is 7.52. The van der Waals surface area contributed by atoms with Gasteiger partial charge in [0.15, 0.2) is 0 Å². The zero-order chi connectivity index (χ0) is 15.1. The molecule has 1 saturated carbocycles. The summed E-state index contributed by atoms with van der Waals surface area (Å²) in [5.41, 5.74) is 3.08. The number of nitro benzene ring substituents is 1. The van der Waals surface area contributed by atoms with Crippen molar-refractivity contribution in [3.05, 3.63) is 39.9 Å². The topological polar surface area (TPSA) is 84.6 Å². The molecule has 1 aromatic rings. The van der Waals surface area contributed by atoms with Crippen molar-refractivity contribution in [2.75, 3.05) is 0 Å². The molecule has 112 valence electrons. The van der Waals surface area contributed by atoms with Crippen molar-refractivity contribution >= 4 is 17.8 Å². The molecule has 21 heavy (non-hydrogen) atoms. The minimum atomic E-state index is -0.459. The van der Waals surface area contributed by atoms with E-state index >= 15 is 0 Å². The van der Waals surface area contributed by atoms with Crippen LogP contribution in [0.15, 0.2) is 29.4 Å². The minimum absolute atomic E-state index is 0.00693. The summed E-state index contributed by atoms with van der Waals surface area (Å²) in [5.74, 6) is 0.371. The number of carbonyl (C=O) groups excluding carboxylic acids is 1. The first-order chi connectivity index (χ1) is 10.1. The van der Waals surface area contributed by atoms with E-state index in [2.05, 4.69) is 10.5 Å². The summed E-state index contributed by atoms with van der Waals surface area (Å²) in [6.07, 6.45) is 7.83. The predicted octanol–water partition coefficient (Wildman–Crippen LogP) is 3.02. The van der Waals surface area contributed by atoms with E-state index in [4.69, 9.17) is 0 Å². The van der Waals surface area contributed by atoms with Crippen LogP contribution in [0.1, 0.15) is 44.1 Å². The molecule has 0 bridgehead atoms. The largest absolute Gasteiger partial charge is 0.273 e. The third-order valence-corrected chi connectivity index (χ3v) is 3.68. The molecule has 6 nitrogen and oxygen atoms in total. The third-order valence-electron chi connectivity index (χ3n) is 3.68. The van der Waals surface area contributed by atoms with Crippen LogP contribution >= 0.6 is 0 Å². The second-order valence-corrected chi connectivity index (χ2v) is 5.35. The lowest BCUT2D eigenvalue weighted by molar-refractivity contribution is -0.384. The van der Waals surface area contributed by atoms with Gasteiger partial charge in [0.2, 0.25) is 5.91 Å². The maximum atomic E-state index is 11.7. The van der Waals surface area contributed by atoms with Gasteiger partial charge in [-0.1, -0.05) is 31.4 Å². The molecule has 1 aliphatic rings. The van der Waals surface area contributed by atoms with Gasteiger partial charge in [0.05, 0.1) is 11.1 Å². The van der Waals surface area contributed by atoms with Crippen LogP contribution in [0.3, 0.4) is 0 Å². The SMILES string of the molecule is O=C(CC1CCCCC1)N/N=C/c1cccc([N+](=O)[O-])c1. The highest BCUT2D eigenvalue weighted by molar-refractivity contribution is 5.83. The van der Waals surface area contributed by atoms with Crippen molar-refractivity contribution in [1.82, 2.24) is 5.43 Å². The summed E-state index contributed by atoms with van der Waals surface area (Å²) >= 11 is 0. The van der Waals surface area contributed by atoms with Gasteiger partial charge >= 0.3 is 0 Å². The average Bonchev–Trinajstić information content (AvgIpc) is 2.48. The molecule has 0 radical (unpaired) electrons. The summed E-state index contributed by atoms with van der Waals surface area (Å²) in [7, 11) is 0. The fraction of sp³-hybridized carbons (Fsp3) is 0.467. The Morgan fingerprint density at radius 1 is 1.38 bits per heavy atom. The van der Waals surface area contributed by atoms with Crippen molar-refractivity contribution in [3.8, 4) is 0 Å². The second-order valence-electron chi connectivity index (χ2n) is 5.35. The monoisotopic (exact) mass is 289 g/mol. The smallest absolute Gasteiger partial charge is 0.270 e. The number of hydrogen-bond acceptors (Lipinski definition) is 4. The van der Waals surface area contributed by atoms with Gasteiger partial charge in [-0.3, -0.25) is 14.9 Å². The van der Waals surface area contributed by atoms with E-state index in [-0.39, 0.29) is 11.6 Å². The van der Waals surface area contributed by atoms with Crippen LogP contribution in [0.25, 0.3) is 0 Å². The first kappa shape index (κ1) is 15.2. The number of hydrazone groups is 1. The van der Waals surface area contributed by atoms with Crippen molar-refractivity contribution in [2.45, 2.75) is 38.5 Å². The number of nitrogens with one attached hydrogen (secondary N) is 1. The lowest BCUT2D eigenvalue weighted by Crippen LogP contribution is -2.22. The van der Waals surface area contributed by atoms with E-state index < -0.39 is 4.92 Å². The molecular formula is C15H19N3O3.